The van der Waals surface area contributed by atoms with Crippen molar-refractivity contribution in [2.45, 2.75) is 25.3 Å². The number of fused-ring (bicyclic) bond motifs is 1. The summed E-state index contributed by atoms with van der Waals surface area (Å²) in [5, 5.41) is 2.84. The highest BCUT2D eigenvalue weighted by Gasteiger charge is 2.58. The zero-order valence-corrected chi connectivity index (χ0v) is 16.5. The first-order chi connectivity index (χ1) is 14.6. The summed E-state index contributed by atoms with van der Waals surface area (Å²) in [6.45, 7) is 0. The van der Waals surface area contributed by atoms with Gasteiger partial charge < -0.3 is 5.32 Å². The van der Waals surface area contributed by atoms with Gasteiger partial charge in [-0.25, -0.2) is 0 Å². The van der Waals surface area contributed by atoms with Crippen LogP contribution in [-0.4, -0.2) is 33.6 Å². The number of rotatable bonds is 5. The van der Waals surface area contributed by atoms with E-state index in [1.54, 1.807) is 24.5 Å². The number of carbonyl (C=O) groups is 3. The number of allylic oxidation sites excluding steroid dienone is 2. The molecule has 1 N–H and O–H groups in total. The van der Waals surface area contributed by atoms with Gasteiger partial charge in [0, 0.05) is 12.6 Å². The van der Waals surface area contributed by atoms with Gasteiger partial charge in [0.25, 0.3) is 0 Å². The van der Waals surface area contributed by atoms with Crippen molar-refractivity contribution < 1.29 is 14.4 Å². The number of hydrogen-bond donors (Lipinski definition) is 1. The second kappa shape index (κ2) is 7.52. The van der Waals surface area contributed by atoms with Crippen LogP contribution in [0.25, 0.3) is 0 Å². The molecule has 2 heterocycles. The topological polar surface area (TPSA) is 79.4 Å². The fourth-order valence-electron chi connectivity index (χ4n) is 5.21. The number of carbonyl (C=O) groups excluding carboxylic acids is 3. The van der Waals surface area contributed by atoms with Crippen LogP contribution in [0.1, 0.15) is 18.4 Å². The predicted molar refractivity (Wildman–Crippen MR) is 111 cm³/mol. The average molecular weight is 401 g/mol. The highest BCUT2D eigenvalue weighted by molar-refractivity contribution is 6.10. The first-order valence-electron chi connectivity index (χ1n) is 10.4. The Morgan fingerprint density at radius 3 is 2.23 bits per heavy atom. The van der Waals surface area contributed by atoms with E-state index in [2.05, 4.69) is 22.5 Å². The molecule has 3 amide bonds. The van der Waals surface area contributed by atoms with Crippen LogP contribution in [0.4, 0.5) is 5.69 Å². The summed E-state index contributed by atoms with van der Waals surface area (Å²) in [5.41, 5.74) is 1.44. The number of pyridine rings is 1. The molecule has 6 rings (SSSR count). The van der Waals surface area contributed by atoms with E-state index in [9.17, 15) is 14.4 Å². The van der Waals surface area contributed by atoms with Gasteiger partial charge in [0.2, 0.25) is 17.7 Å². The Bertz CT molecular complexity index is 973. The molecule has 1 aromatic heterocycles. The molecule has 2 aromatic rings. The molecule has 0 radical (unpaired) electrons. The number of anilines is 1. The Labute approximate surface area is 175 Å². The Balaban J connectivity index is 1.47. The van der Waals surface area contributed by atoms with Crippen LogP contribution in [0.5, 0.6) is 0 Å². The van der Waals surface area contributed by atoms with E-state index in [4.69, 9.17) is 0 Å². The summed E-state index contributed by atoms with van der Waals surface area (Å²) in [6.07, 6.45) is 9.50. The quantitative estimate of drug-likeness (QED) is 0.617. The standard InChI is InChI=1S/C24H23N3O3/c28-22(26-18-7-4-12-25-14-18)19(13-15-5-2-1-3-6-15)27-23(29)20-16-8-9-17(11-10-16)21(20)24(27)30/h1-9,12,14,16-17,19-21H,10-11,13H2,(H,26,28)/t16-,17-,19-,20+,21+/m0/s1. The molecule has 4 aliphatic rings. The number of benzene rings is 1. The van der Waals surface area contributed by atoms with Gasteiger partial charge in [0.15, 0.2) is 0 Å². The molecule has 1 aliphatic heterocycles. The minimum atomic E-state index is -0.891. The lowest BCUT2D eigenvalue weighted by Gasteiger charge is -2.38. The average Bonchev–Trinajstić information content (AvgIpc) is 3.07. The lowest BCUT2D eigenvalue weighted by molar-refractivity contribution is -0.146. The minimum absolute atomic E-state index is 0.0974. The number of amides is 3. The number of imide groups is 1. The van der Waals surface area contributed by atoms with Crippen LogP contribution in [0.3, 0.4) is 0 Å². The Morgan fingerprint density at radius 1 is 1.00 bits per heavy atom. The number of nitrogens with zero attached hydrogens (tertiary/aromatic N) is 2. The summed E-state index contributed by atoms with van der Waals surface area (Å²) in [7, 11) is 0. The molecule has 0 spiro atoms. The molecule has 6 nitrogen and oxygen atoms in total. The van der Waals surface area contributed by atoms with Gasteiger partial charge in [-0.1, -0.05) is 42.5 Å². The van der Waals surface area contributed by atoms with Crippen molar-refractivity contribution in [3.63, 3.8) is 0 Å². The van der Waals surface area contributed by atoms with Crippen molar-refractivity contribution in [1.29, 1.82) is 0 Å². The van der Waals surface area contributed by atoms with Crippen molar-refractivity contribution >= 4 is 23.4 Å². The lowest BCUT2D eigenvalue weighted by atomic mass is 9.63. The fraction of sp³-hybridized carbons (Fsp3) is 0.333. The van der Waals surface area contributed by atoms with Gasteiger partial charge in [0.1, 0.15) is 6.04 Å². The van der Waals surface area contributed by atoms with Crippen molar-refractivity contribution in [3.05, 3.63) is 72.6 Å². The van der Waals surface area contributed by atoms with Gasteiger partial charge in [-0.15, -0.1) is 0 Å². The highest BCUT2D eigenvalue weighted by atomic mass is 16.2. The van der Waals surface area contributed by atoms with Gasteiger partial charge in [-0.05, 0) is 42.4 Å². The Morgan fingerprint density at radius 2 is 1.67 bits per heavy atom. The molecule has 1 saturated heterocycles. The number of aromatic nitrogens is 1. The highest BCUT2D eigenvalue weighted by Crippen LogP contribution is 2.50. The van der Waals surface area contributed by atoms with Crippen LogP contribution < -0.4 is 5.32 Å². The second-order valence-electron chi connectivity index (χ2n) is 8.32. The summed E-state index contributed by atoms with van der Waals surface area (Å²) in [5.74, 6) is -1.23. The van der Waals surface area contributed by atoms with Crippen LogP contribution in [0.15, 0.2) is 67.0 Å². The molecule has 6 heteroatoms. The molecular formula is C24H23N3O3. The van der Waals surface area contributed by atoms with E-state index in [0.717, 1.165) is 18.4 Å². The number of nitrogens with one attached hydrogen (secondary N) is 1. The molecule has 2 fully saturated rings. The second-order valence-corrected chi connectivity index (χ2v) is 8.32. The molecule has 1 aromatic carbocycles. The largest absolute Gasteiger partial charge is 0.323 e. The van der Waals surface area contributed by atoms with E-state index in [1.165, 1.54) is 4.90 Å². The smallest absolute Gasteiger partial charge is 0.248 e. The minimum Gasteiger partial charge on any atom is -0.323 e. The van der Waals surface area contributed by atoms with Gasteiger partial charge in [-0.3, -0.25) is 24.3 Å². The zero-order valence-electron chi connectivity index (χ0n) is 16.5. The van der Waals surface area contributed by atoms with E-state index in [-0.39, 0.29) is 47.8 Å². The normalized spacial score (nSPS) is 27.8. The third kappa shape index (κ3) is 3.12. The zero-order chi connectivity index (χ0) is 20.7. The van der Waals surface area contributed by atoms with E-state index in [1.807, 2.05) is 30.3 Å². The molecule has 1 saturated carbocycles. The van der Waals surface area contributed by atoms with E-state index >= 15 is 0 Å². The summed E-state index contributed by atoms with van der Waals surface area (Å²) < 4.78 is 0. The molecule has 30 heavy (non-hydrogen) atoms. The monoisotopic (exact) mass is 401 g/mol. The summed E-state index contributed by atoms with van der Waals surface area (Å²) in [4.78, 5) is 45.4. The molecule has 0 unspecified atom stereocenters. The van der Waals surface area contributed by atoms with Crippen molar-refractivity contribution in [1.82, 2.24) is 9.88 Å². The fourth-order valence-corrected chi connectivity index (χ4v) is 5.21. The van der Waals surface area contributed by atoms with E-state index in [0.29, 0.717) is 5.69 Å². The third-order valence-corrected chi connectivity index (χ3v) is 6.61. The SMILES string of the molecule is O=C(Nc1cccnc1)[C@H](Cc1ccccc1)N1C(=O)[C@H]2[C@H](C1=O)[C@H]1C=C[C@H]2CC1. The summed E-state index contributed by atoms with van der Waals surface area (Å²) in [6, 6.07) is 12.1. The maximum absolute atomic E-state index is 13.4. The Hall–Kier alpha value is -3.28. The maximum atomic E-state index is 13.4. The number of likely N-dealkylation sites (tertiary alicyclic amines) is 1. The summed E-state index contributed by atoms with van der Waals surface area (Å²) >= 11 is 0. The number of hydrogen-bond acceptors (Lipinski definition) is 4. The predicted octanol–water partition coefficient (Wildman–Crippen LogP) is 2.83. The van der Waals surface area contributed by atoms with Crippen LogP contribution in [-0.2, 0) is 20.8 Å². The molecule has 5 atom stereocenters. The first-order valence-corrected chi connectivity index (χ1v) is 10.4. The van der Waals surface area contributed by atoms with Gasteiger partial charge in [-0.2, -0.15) is 0 Å². The molecule has 152 valence electrons. The van der Waals surface area contributed by atoms with Crippen LogP contribution >= 0.6 is 0 Å². The Kier molecular flexibility index (Phi) is 4.69. The van der Waals surface area contributed by atoms with Crippen LogP contribution in [0.2, 0.25) is 0 Å². The van der Waals surface area contributed by atoms with Crippen molar-refractivity contribution in [2.24, 2.45) is 23.7 Å². The van der Waals surface area contributed by atoms with Gasteiger partial charge >= 0.3 is 0 Å². The van der Waals surface area contributed by atoms with Crippen LogP contribution in [0, 0.1) is 23.7 Å². The maximum Gasteiger partial charge on any atom is 0.248 e. The molecule has 2 bridgehead atoms. The van der Waals surface area contributed by atoms with Gasteiger partial charge in [0.05, 0.1) is 23.7 Å². The molecular weight excluding hydrogens is 378 g/mol. The first kappa shape index (κ1) is 18.7. The molecule has 3 aliphatic carbocycles. The van der Waals surface area contributed by atoms with E-state index < -0.39 is 6.04 Å². The third-order valence-electron chi connectivity index (χ3n) is 6.61. The van der Waals surface area contributed by atoms with Crippen molar-refractivity contribution in [2.75, 3.05) is 5.32 Å². The van der Waals surface area contributed by atoms with Crippen molar-refractivity contribution in [3.8, 4) is 0 Å². The lowest BCUT2D eigenvalue weighted by Crippen LogP contribution is -2.49.